The summed E-state index contributed by atoms with van der Waals surface area (Å²) in [5.74, 6) is 0. The highest BCUT2D eigenvalue weighted by Crippen LogP contribution is 2.13. The molecular formula is C10H17N3O3S. The fourth-order valence-corrected chi connectivity index (χ4v) is 2.53. The maximum absolute atomic E-state index is 12.1. The van der Waals surface area contributed by atoms with Crippen molar-refractivity contribution in [3.05, 3.63) is 24.5 Å². The molecule has 1 heterocycles. The van der Waals surface area contributed by atoms with Crippen molar-refractivity contribution in [3.63, 3.8) is 0 Å². The van der Waals surface area contributed by atoms with Gasteiger partial charge in [0.05, 0.1) is 19.3 Å². The molecule has 1 N–H and O–H groups in total. The third-order valence-corrected chi connectivity index (χ3v) is 3.90. The molecule has 0 aromatic carbocycles. The molecule has 0 amide bonds. The quantitative estimate of drug-likeness (QED) is 0.734. The molecule has 1 aromatic rings. The van der Waals surface area contributed by atoms with Crippen LogP contribution in [0.15, 0.2) is 29.4 Å². The van der Waals surface area contributed by atoms with Gasteiger partial charge in [-0.2, -0.15) is 9.40 Å². The van der Waals surface area contributed by atoms with Crippen LogP contribution in [0.3, 0.4) is 0 Å². The second-order valence-electron chi connectivity index (χ2n) is 3.88. The Labute approximate surface area is 101 Å². The number of nitrogens with zero attached hydrogens (tertiary/aromatic N) is 3. The van der Waals surface area contributed by atoms with Crippen molar-refractivity contribution in [1.82, 2.24) is 14.1 Å². The summed E-state index contributed by atoms with van der Waals surface area (Å²) < 4.78 is 26.7. The third-order valence-electron chi connectivity index (χ3n) is 2.14. The summed E-state index contributed by atoms with van der Waals surface area (Å²) in [6.45, 7) is 5.91. The van der Waals surface area contributed by atoms with Crippen LogP contribution < -0.4 is 0 Å². The van der Waals surface area contributed by atoms with Crippen LogP contribution in [0, 0.1) is 0 Å². The molecule has 1 aromatic heterocycles. The van der Waals surface area contributed by atoms with E-state index < -0.39 is 10.0 Å². The van der Waals surface area contributed by atoms with E-state index in [1.54, 1.807) is 6.92 Å². The second kappa shape index (κ2) is 5.44. The maximum Gasteiger partial charge on any atom is 0.246 e. The van der Waals surface area contributed by atoms with Crippen molar-refractivity contribution in [2.75, 3.05) is 20.2 Å². The van der Waals surface area contributed by atoms with Crippen LogP contribution in [-0.4, -0.2) is 47.8 Å². The lowest BCUT2D eigenvalue weighted by Gasteiger charge is -2.15. The van der Waals surface area contributed by atoms with Gasteiger partial charge in [-0.25, -0.2) is 8.42 Å². The van der Waals surface area contributed by atoms with Gasteiger partial charge in [0, 0.05) is 19.8 Å². The Kier molecular flexibility index (Phi) is 4.44. The molecule has 0 radical (unpaired) electrons. The first-order valence-electron chi connectivity index (χ1n) is 5.12. The first-order chi connectivity index (χ1) is 7.87. The van der Waals surface area contributed by atoms with Gasteiger partial charge in [-0.3, -0.25) is 4.68 Å². The maximum atomic E-state index is 12.1. The molecular weight excluding hydrogens is 242 g/mol. The van der Waals surface area contributed by atoms with E-state index in [-0.39, 0.29) is 24.6 Å². The van der Waals surface area contributed by atoms with Crippen molar-refractivity contribution >= 4 is 10.0 Å². The van der Waals surface area contributed by atoms with Crippen LogP contribution >= 0.6 is 0 Å². The highest BCUT2D eigenvalue weighted by molar-refractivity contribution is 7.89. The molecule has 17 heavy (non-hydrogen) atoms. The minimum atomic E-state index is -3.52. The van der Waals surface area contributed by atoms with Gasteiger partial charge < -0.3 is 5.11 Å². The number of aliphatic hydroxyl groups is 1. The normalized spacial score (nSPS) is 12.0. The zero-order valence-corrected chi connectivity index (χ0v) is 10.8. The van der Waals surface area contributed by atoms with Gasteiger partial charge in [0.1, 0.15) is 4.90 Å². The lowest BCUT2D eigenvalue weighted by Crippen LogP contribution is -2.28. The van der Waals surface area contributed by atoms with E-state index in [9.17, 15) is 8.42 Å². The van der Waals surface area contributed by atoms with Gasteiger partial charge >= 0.3 is 0 Å². The highest BCUT2D eigenvalue weighted by atomic mass is 32.2. The fourth-order valence-electron chi connectivity index (χ4n) is 1.35. The van der Waals surface area contributed by atoms with E-state index in [2.05, 4.69) is 11.7 Å². The Hall–Kier alpha value is -1.18. The predicted molar refractivity (Wildman–Crippen MR) is 63.9 cm³/mol. The van der Waals surface area contributed by atoms with Crippen molar-refractivity contribution in [2.24, 2.45) is 0 Å². The van der Waals surface area contributed by atoms with E-state index in [1.807, 2.05) is 0 Å². The largest absolute Gasteiger partial charge is 0.394 e. The van der Waals surface area contributed by atoms with Crippen LogP contribution in [0.4, 0.5) is 0 Å². The summed E-state index contributed by atoms with van der Waals surface area (Å²) in [7, 11) is -2.03. The number of aliphatic hydroxyl groups excluding tert-OH is 1. The molecule has 0 saturated carbocycles. The molecule has 0 saturated heterocycles. The Morgan fingerprint density at radius 3 is 2.82 bits per heavy atom. The van der Waals surface area contributed by atoms with Crippen molar-refractivity contribution < 1.29 is 13.5 Å². The second-order valence-corrected chi connectivity index (χ2v) is 5.93. The zero-order valence-electron chi connectivity index (χ0n) is 10.00. The molecule has 0 fully saturated rings. The van der Waals surface area contributed by atoms with E-state index >= 15 is 0 Å². The summed E-state index contributed by atoms with van der Waals surface area (Å²) in [5, 5.41) is 12.6. The Morgan fingerprint density at radius 2 is 2.29 bits per heavy atom. The van der Waals surface area contributed by atoms with Crippen LogP contribution in [0.2, 0.25) is 0 Å². The number of rotatable bonds is 6. The topological polar surface area (TPSA) is 75.4 Å². The monoisotopic (exact) mass is 259 g/mol. The Morgan fingerprint density at radius 1 is 1.65 bits per heavy atom. The average molecular weight is 259 g/mol. The molecule has 0 aliphatic rings. The summed E-state index contributed by atoms with van der Waals surface area (Å²) in [5.41, 5.74) is 0.763. The van der Waals surface area contributed by atoms with Gasteiger partial charge in [0.2, 0.25) is 10.0 Å². The molecule has 0 aliphatic carbocycles. The number of sulfonamides is 1. The van der Waals surface area contributed by atoms with Gasteiger partial charge in [-0.1, -0.05) is 12.2 Å². The van der Waals surface area contributed by atoms with Crippen molar-refractivity contribution in [1.29, 1.82) is 0 Å². The minimum absolute atomic E-state index is 0.0806. The number of hydrogen-bond donors (Lipinski definition) is 1. The zero-order chi connectivity index (χ0) is 13.1. The molecule has 0 atom stereocenters. The molecule has 1 rings (SSSR count). The molecule has 0 bridgehead atoms. The first-order valence-corrected chi connectivity index (χ1v) is 6.56. The number of likely N-dealkylation sites (N-methyl/N-ethyl adjacent to an activating group) is 1. The standard InChI is InChI=1S/C10H17N3O3S/c1-9(2)7-12(3)17(15,16)10-6-11-13(8-10)4-5-14/h6,8,14H,1,4-5,7H2,2-3H3. The summed E-state index contributed by atoms with van der Waals surface area (Å²) >= 11 is 0. The van der Waals surface area contributed by atoms with Gasteiger partial charge in [-0.05, 0) is 6.92 Å². The lowest BCUT2D eigenvalue weighted by molar-refractivity contribution is 0.269. The van der Waals surface area contributed by atoms with Gasteiger partial charge in [0.15, 0.2) is 0 Å². The predicted octanol–water partition coefficient (Wildman–Crippen LogP) is 0.0720. The molecule has 0 unspecified atom stereocenters. The van der Waals surface area contributed by atoms with Crippen molar-refractivity contribution in [2.45, 2.75) is 18.4 Å². The summed E-state index contributed by atoms with van der Waals surface area (Å²) in [6.07, 6.45) is 2.68. The van der Waals surface area contributed by atoms with Crippen LogP contribution in [-0.2, 0) is 16.6 Å². The number of hydrogen-bond acceptors (Lipinski definition) is 4. The Bertz CT molecular complexity index is 493. The van der Waals surface area contributed by atoms with E-state index in [0.29, 0.717) is 0 Å². The van der Waals surface area contributed by atoms with Gasteiger partial charge in [-0.15, -0.1) is 0 Å². The molecule has 96 valence electrons. The molecule has 0 spiro atoms. The van der Waals surface area contributed by atoms with E-state index in [1.165, 1.54) is 28.4 Å². The first kappa shape index (κ1) is 13.9. The SMILES string of the molecule is C=C(C)CN(C)S(=O)(=O)c1cnn(CCO)c1. The fraction of sp³-hybridized carbons (Fsp3) is 0.500. The van der Waals surface area contributed by atoms with E-state index in [4.69, 9.17) is 5.11 Å². The molecule has 7 heteroatoms. The summed E-state index contributed by atoms with van der Waals surface area (Å²) in [6, 6.07) is 0. The third kappa shape index (κ3) is 3.39. The van der Waals surface area contributed by atoms with Crippen LogP contribution in [0.5, 0.6) is 0 Å². The van der Waals surface area contributed by atoms with Crippen LogP contribution in [0.1, 0.15) is 6.92 Å². The Balaban J connectivity index is 2.92. The minimum Gasteiger partial charge on any atom is -0.394 e. The molecule has 0 aliphatic heterocycles. The van der Waals surface area contributed by atoms with Crippen molar-refractivity contribution in [3.8, 4) is 0 Å². The average Bonchev–Trinajstić information content (AvgIpc) is 2.66. The molecule has 6 nitrogen and oxygen atoms in total. The van der Waals surface area contributed by atoms with Crippen LogP contribution in [0.25, 0.3) is 0 Å². The van der Waals surface area contributed by atoms with Gasteiger partial charge in [0.25, 0.3) is 0 Å². The summed E-state index contributed by atoms with van der Waals surface area (Å²) in [4.78, 5) is 0.120. The highest BCUT2D eigenvalue weighted by Gasteiger charge is 2.22. The smallest absolute Gasteiger partial charge is 0.246 e. The van der Waals surface area contributed by atoms with E-state index in [0.717, 1.165) is 5.57 Å². The lowest BCUT2D eigenvalue weighted by atomic mass is 10.4. The number of aromatic nitrogens is 2.